The van der Waals surface area contributed by atoms with Gasteiger partial charge in [-0.1, -0.05) is 40.5 Å². The highest BCUT2D eigenvalue weighted by molar-refractivity contribution is 9.10. The van der Waals surface area contributed by atoms with E-state index in [9.17, 15) is 10.2 Å². The van der Waals surface area contributed by atoms with E-state index < -0.39 is 11.7 Å². The predicted octanol–water partition coefficient (Wildman–Crippen LogP) is 3.17. The number of benzene rings is 1. The van der Waals surface area contributed by atoms with Crippen molar-refractivity contribution in [2.45, 2.75) is 38.4 Å². The third-order valence-corrected chi connectivity index (χ3v) is 3.71. The molecule has 2 atom stereocenters. The maximum absolute atomic E-state index is 9.90. The summed E-state index contributed by atoms with van der Waals surface area (Å²) in [6.45, 7) is 3.47. The van der Waals surface area contributed by atoms with Gasteiger partial charge in [-0.15, -0.1) is 0 Å². The molecule has 2 N–H and O–H groups in total. The summed E-state index contributed by atoms with van der Waals surface area (Å²) in [5.74, 6) is 0. The number of rotatable bonds is 4. The summed E-state index contributed by atoms with van der Waals surface area (Å²) in [6, 6.07) is 5.50. The Morgan fingerprint density at radius 2 is 2.12 bits per heavy atom. The topological polar surface area (TPSA) is 40.5 Å². The van der Waals surface area contributed by atoms with Gasteiger partial charge in [0.2, 0.25) is 0 Å². The molecule has 0 radical (unpaired) electrons. The Labute approximate surface area is 109 Å². The molecule has 1 aromatic carbocycles. The van der Waals surface area contributed by atoms with Crippen molar-refractivity contribution in [1.82, 2.24) is 0 Å². The van der Waals surface area contributed by atoms with Gasteiger partial charge < -0.3 is 10.2 Å². The minimum Gasteiger partial charge on any atom is -0.390 e. The van der Waals surface area contributed by atoms with Crippen LogP contribution in [0.1, 0.15) is 25.8 Å². The van der Waals surface area contributed by atoms with Gasteiger partial charge in [-0.3, -0.25) is 0 Å². The Bertz CT molecular complexity index is 366. The first-order valence-electron chi connectivity index (χ1n) is 5.21. The summed E-state index contributed by atoms with van der Waals surface area (Å²) >= 11 is 9.36. The summed E-state index contributed by atoms with van der Waals surface area (Å²) in [6.07, 6.45) is 0.0473. The standard InChI is InChI=1S/C12H16BrClO2/c1-3-12(2,16)11(15)6-8-4-5-9(13)7-10(8)14/h4-5,7,11,15-16H,3,6H2,1-2H3. The first kappa shape index (κ1) is 14.0. The van der Waals surface area contributed by atoms with Crippen molar-refractivity contribution < 1.29 is 10.2 Å². The van der Waals surface area contributed by atoms with E-state index in [-0.39, 0.29) is 0 Å². The van der Waals surface area contributed by atoms with Gasteiger partial charge in [0.25, 0.3) is 0 Å². The average molecular weight is 308 g/mol. The lowest BCUT2D eigenvalue weighted by molar-refractivity contribution is -0.0629. The molecular formula is C12H16BrClO2. The molecule has 2 unspecified atom stereocenters. The van der Waals surface area contributed by atoms with Crippen LogP contribution in [0.5, 0.6) is 0 Å². The smallest absolute Gasteiger partial charge is 0.0878 e. The largest absolute Gasteiger partial charge is 0.390 e. The predicted molar refractivity (Wildman–Crippen MR) is 69.8 cm³/mol. The van der Waals surface area contributed by atoms with Gasteiger partial charge >= 0.3 is 0 Å². The molecule has 0 aliphatic rings. The van der Waals surface area contributed by atoms with E-state index in [1.807, 2.05) is 19.1 Å². The van der Waals surface area contributed by atoms with Crippen molar-refractivity contribution in [1.29, 1.82) is 0 Å². The Morgan fingerprint density at radius 3 is 2.62 bits per heavy atom. The van der Waals surface area contributed by atoms with Crippen LogP contribution in [-0.2, 0) is 6.42 Å². The molecule has 0 saturated carbocycles. The molecule has 0 heterocycles. The molecule has 4 heteroatoms. The zero-order chi connectivity index (χ0) is 12.3. The van der Waals surface area contributed by atoms with Crippen molar-refractivity contribution in [2.75, 3.05) is 0 Å². The molecular weight excluding hydrogens is 291 g/mol. The molecule has 2 nitrogen and oxygen atoms in total. The highest BCUT2D eigenvalue weighted by Crippen LogP contribution is 2.25. The molecule has 0 spiro atoms. The van der Waals surface area contributed by atoms with E-state index in [1.165, 1.54) is 0 Å². The Balaban J connectivity index is 2.81. The fourth-order valence-corrected chi connectivity index (χ4v) is 2.10. The lowest BCUT2D eigenvalue weighted by Gasteiger charge is -2.28. The van der Waals surface area contributed by atoms with E-state index in [0.29, 0.717) is 17.9 Å². The molecule has 0 amide bonds. The number of aliphatic hydroxyl groups excluding tert-OH is 1. The summed E-state index contributed by atoms with van der Waals surface area (Å²) in [7, 11) is 0. The maximum Gasteiger partial charge on any atom is 0.0878 e. The fraction of sp³-hybridized carbons (Fsp3) is 0.500. The van der Waals surface area contributed by atoms with Crippen LogP contribution in [-0.4, -0.2) is 21.9 Å². The van der Waals surface area contributed by atoms with Crippen LogP contribution in [0.2, 0.25) is 5.02 Å². The second-order valence-electron chi connectivity index (χ2n) is 4.17. The summed E-state index contributed by atoms with van der Waals surface area (Å²) in [5.41, 5.74) is -0.234. The molecule has 0 aliphatic carbocycles. The zero-order valence-corrected chi connectivity index (χ0v) is 11.7. The number of hydrogen-bond donors (Lipinski definition) is 2. The first-order valence-corrected chi connectivity index (χ1v) is 6.38. The molecule has 0 saturated heterocycles. The number of hydrogen-bond acceptors (Lipinski definition) is 2. The van der Waals surface area contributed by atoms with Crippen LogP contribution in [0.4, 0.5) is 0 Å². The lowest BCUT2D eigenvalue weighted by atomic mass is 9.91. The Morgan fingerprint density at radius 1 is 1.50 bits per heavy atom. The summed E-state index contributed by atoms with van der Waals surface area (Å²) in [5, 5.41) is 20.4. The van der Waals surface area contributed by atoms with E-state index in [1.54, 1.807) is 13.0 Å². The second-order valence-corrected chi connectivity index (χ2v) is 5.49. The van der Waals surface area contributed by atoms with Crippen LogP contribution < -0.4 is 0 Å². The molecule has 0 aliphatic heterocycles. The highest BCUT2D eigenvalue weighted by atomic mass is 79.9. The first-order chi connectivity index (χ1) is 7.36. The van der Waals surface area contributed by atoms with Crippen LogP contribution in [0.25, 0.3) is 0 Å². The summed E-state index contributed by atoms with van der Waals surface area (Å²) in [4.78, 5) is 0. The van der Waals surface area contributed by atoms with Gasteiger partial charge in [-0.25, -0.2) is 0 Å². The zero-order valence-electron chi connectivity index (χ0n) is 9.37. The van der Waals surface area contributed by atoms with Gasteiger partial charge in [0.1, 0.15) is 0 Å². The fourth-order valence-electron chi connectivity index (χ4n) is 1.35. The average Bonchev–Trinajstić information content (AvgIpc) is 2.22. The van der Waals surface area contributed by atoms with Gasteiger partial charge in [0.15, 0.2) is 0 Å². The van der Waals surface area contributed by atoms with E-state index in [4.69, 9.17) is 11.6 Å². The van der Waals surface area contributed by atoms with Gasteiger partial charge in [0, 0.05) is 15.9 Å². The third-order valence-electron chi connectivity index (χ3n) is 2.86. The molecule has 0 fully saturated rings. The minimum atomic E-state index is -1.07. The molecule has 1 rings (SSSR count). The Kier molecular flexibility index (Phi) is 4.80. The lowest BCUT2D eigenvalue weighted by Crippen LogP contribution is -2.40. The molecule has 0 bridgehead atoms. The van der Waals surface area contributed by atoms with Gasteiger partial charge in [-0.05, 0) is 31.0 Å². The van der Waals surface area contributed by atoms with Crippen LogP contribution in [0, 0.1) is 0 Å². The summed E-state index contributed by atoms with van der Waals surface area (Å²) < 4.78 is 0.901. The SMILES string of the molecule is CCC(C)(O)C(O)Cc1ccc(Br)cc1Cl. The van der Waals surface area contributed by atoms with Crippen molar-refractivity contribution >= 4 is 27.5 Å². The van der Waals surface area contributed by atoms with Crippen molar-refractivity contribution in [3.05, 3.63) is 33.3 Å². The van der Waals surface area contributed by atoms with Gasteiger partial charge in [0.05, 0.1) is 11.7 Å². The molecule has 16 heavy (non-hydrogen) atoms. The third kappa shape index (κ3) is 3.45. The highest BCUT2D eigenvalue weighted by Gasteiger charge is 2.28. The van der Waals surface area contributed by atoms with E-state index >= 15 is 0 Å². The molecule has 0 aromatic heterocycles. The van der Waals surface area contributed by atoms with Crippen LogP contribution >= 0.6 is 27.5 Å². The number of aliphatic hydroxyl groups is 2. The Hall–Kier alpha value is -0.0900. The molecule has 1 aromatic rings. The van der Waals surface area contributed by atoms with Crippen molar-refractivity contribution in [3.8, 4) is 0 Å². The maximum atomic E-state index is 9.90. The minimum absolute atomic E-state index is 0.354. The monoisotopic (exact) mass is 306 g/mol. The van der Waals surface area contributed by atoms with Crippen molar-refractivity contribution in [2.24, 2.45) is 0 Å². The van der Waals surface area contributed by atoms with Gasteiger partial charge in [-0.2, -0.15) is 0 Å². The second kappa shape index (κ2) is 5.50. The quantitative estimate of drug-likeness (QED) is 0.897. The normalized spacial score (nSPS) is 16.9. The van der Waals surface area contributed by atoms with Crippen molar-refractivity contribution in [3.63, 3.8) is 0 Å². The van der Waals surface area contributed by atoms with Crippen LogP contribution in [0.15, 0.2) is 22.7 Å². The van der Waals surface area contributed by atoms with Crippen LogP contribution in [0.3, 0.4) is 0 Å². The van der Waals surface area contributed by atoms with E-state index in [0.717, 1.165) is 10.0 Å². The number of halogens is 2. The molecule has 90 valence electrons. The van der Waals surface area contributed by atoms with E-state index in [2.05, 4.69) is 15.9 Å².